The van der Waals surface area contributed by atoms with Crippen LogP contribution in [-0.4, -0.2) is 22.5 Å². The molecule has 4 nitrogen and oxygen atoms in total. The van der Waals surface area contributed by atoms with Crippen LogP contribution in [0.25, 0.3) is 0 Å². The molecule has 0 saturated heterocycles. The second-order valence-corrected chi connectivity index (χ2v) is 5.96. The fraction of sp³-hybridized carbons (Fsp3) is 0.538. The molecule has 2 rings (SSSR count). The van der Waals surface area contributed by atoms with Crippen LogP contribution < -0.4 is 5.32 Å². The summed E-state index contributed by atoms with van der Waals surface area (Å²) in [4.78, 5) is 10.1. The summed E-state index contributed by atoms with van der Waals surface area (Å²) in [7, 11) is 0. The maximum absolute atomic E-state index is 13.3. The van der Waals surface area contributed by atoms with Gasteiger partial charge < -0.3 is 5.32 Å². The fourth-order valence-corrected chi connectivity index (χ4v) is 3.32. The number of benzene rings is 1. The SMILES string of the molecule is CSC1CCCC(Nc2cc(F)cc([N+](=O)[O-])c2)C1. The van der Waals surface area contributed by atoms with Gasteiger partial charge in [0.15, 0.2) is 0 Å². The molecule has 0 spiro atoms. The Labute approximate surface area is 115 Å². The van der Waals surface area contributed by atoms with Crippen molar-refractivity contribution in [2.24, 2.45) is 0 Å². The molecule has 1 aliphatic rings. The molecule has 0 heterocycles. The zero-order valence-electron chi connectivity index (χ0n) is 10.8. The van der Waals surface area contributed by atoms with E-state index in [1.54, 1.807) is 0 Å². The molecule has 1 fully saturated rings. The Hall–Kier alpha value is -1.30. The number of thioether (sulfide) groups is 1. The van der Waals surface area contributed by atoms with Gasteiger partial charge in [-0.25, -0.2) is 4.39 Å². The van der Waals surface area contributed by atoms with Gasteiger partial charge in [0.05, 0.1) is 11.0 Å². The molecule has 1 aromatic rings. The van der Waals surface area contributed by atoms with Crippen molar-refractivity contribution < 1.29 is 9.31 Å². The number of nitrogens with one attached hydrogen (secondary N) is 1. The van der Waals surface area contributed by atoms with Crippen molar-refractivity contribution in [3.05, 3.63) is 34.1 Å². The minimum absolute atomic E-state index is 0.209. The first-order valence-corrected chi connectivity index (χ1v) is 7.61. The Morgan fingerprint density at radius 2 is 2.21 bits per heavy atom. The van der Waals surface area contributed by atoms with Gasteiger partial charge in [-0.05, 0) is 31.6 Å². The Balaban J connectivity index is 2.08. The molecule has 0 aliphatic heterocycles. The lowest BCUT2D eigenvalue weighted by Gasteiger charge is -2.29. The van der Waals surface area contributed by atoms with Gasteiger partial charge >= 0.3 is 0 Å². The van der Waals surface area contributed by atoms with Crippen LogP contribution in [0.5, 0.6) is 0 Å². The highest BCUT2D eigenvalue weighted by atomic mass is 32.2. The van der Waals surface area contributed by atoms with E-state index in [0.29, 0.717) is 10.9 Å². The number of anilines is 1. The quantitative estimate of drug-likeness (QED) is 0.674. The molecule has 6 heteroatoms. The number of hydrogen-bond donors (Lipinski definition) is 1. The van der Waals surface area contributed by atoms with Gasteiger partial charge in [-0.2, -0.15) is 11.8 Å². The highest BCUT2D eigenvalue weighted by Gasteiger charge is 2.21. The number of nitro benzene ring substituents is 1. The zero-order valence-corrected chi connectivity index (χ0v) is 11.6. The number of rotatable bonds is 4. The lowest BCUT2D eigenvalue weighted by molar-refractivity contribution is -0.385. The number of non-ortho nitro benzene ring substituents is 1. The Kier molecular flexibility index (Phi) is 4.63. The highest BCUT2D eigenvalue weighted by molar-refractivity contribution is 7.99. The summed E-state index contributed by atoms with van der Waals surface area (Å²) in [6, 6.07) is 3.92. The smallest absolute Gasteiger partial charge is 0.274 e. The first-order chi connectivity index (χ1) is 9.08. The van der Waals surface area contributed by atoms with Crippen molar-refractivity contribution in [2.45, 2.75) is 37.0 Å². The third kappa shape index (κ3) is 3.83. The van der Waals surface area contributed by atoms with Gasteiger partial charge in [0.1, 0.15) is 5.82 Å². The predicted molar refractivity (Wildman–Crippen MR) is 76.2 cm³/mol. The summed E-state index contributed by atoms with van der Waals surface area (Å²) in [5.74, 6) is -0.575. The maximum atomic E-state index is 13.3. The Morgan fingerprint density at radius 3 is 2.89 bits per heavy atom. The minimum Gasteiger partial charge on any atom is -0.382 e. The maximum Gasteiger partial charge on any atom is 0.274 e. The van der Waals surface area contributed by atoms with Crippen molar-refractivity contribution in [1.29, 1.82) is 0 Å². The third-order valence-corrected chi connectivity index (χ3v) is 4.52. The first-order valence-electron chi connectivity index (χ1n) is 6.33. The molecule has 2 atom stereocenters. The fourth-order valence-electron chi connectivity index (χ4n) is 2.49. The average Bonchev–Trinajstić information content (AvgIpc) is 2.38. The van der Waals surface area contributed by atoms with E-state index in [-0.39, 0.29) is 11.7 Å². The molecular formula is C13H17FN2O2S. The summed E-state index contributed by atoms with van der Waals surface area (Å²) < 4.78 is 13.3. The summed E-state index contributed by atoms with van der Waals surface area (Å²) in [5.41, 5.74) is 0.290. The molecule has 0 amide bonds. The second-order valence-electron chi connectivity index (χ2n) is 4.82. The molecule has 1 aliphatic carbocycles. The van der Waals surface area contributed by atoms with Gasteiger partial charge in [-0.1, -0.05) is 6.42 Å². The normalized spacial score (nSPS) is 23.1. The van der Waals surface area contributed by atoms with Crippen LogP contribution >= 0.6 is 11.8 Å². The zero-order chi connectivity index (χ0) is 13.8. The van der Waals surface area contributed by atoms with E-state index in [1.807, 2.05) is 11.8 Å². The number of nitro groups is 1. The largest absolute Gasteiger partial charge is 0.382 e. The molecule has 2 unspecified atom stereocenters. The van der Waals surface area contributed by atoms with Gasteiger partial charge in [-0.3, -0.25) is 10.1 Å². The lowest BCUT2D eigenvalue weighted by atomic mass is 9.94. The van der Waals surface area contributed by atoms with Crippen LogP contribution in [0.4, 0.5) is 15.8 Å². The Bertz CT molecular complexity index is 470. The second kappa shape index (κ2) is 6.23. The van der Waals surface area contributed by atoms with Crippen LogP contribution in [0.1, 0.15) is 25.7 Å². The van der Waals surface area contributed by atoms with Crippen LogP contribution in [0, 0.1) is 15.9 Å². The van der Waals surface area contributed by atoms with E-state index < -0.39 is 10.7 Å². The molecule has 0 aromatic heterocycles. The average molecular weight is 284 g/mol. The first kappa shape index (κ1) is 14.1. The molecule has 0 bridgehead atoms. The van der Waals surface area contributed by atoms with Crippen molar-refractivity contribution in [3.63, 3.8) is 0 Å². The molecule has 1 N–H and O–H groups in total. The molecule has 104 valence electrons. The van der Waals surface area contributed by atoms with Crippen molar-refractivity contribution >= 4 is 23.1 Å². The van der Waals surface area contributed by atoms with E-state index in [1.165, 1.54) is 18.6 Å². The molecule has 1 aromatic carbocycles. The standard InChI is InChI=1S/C13H17FN2O2S/c1-19-13-4-2-3-10(8-13)15-11-5-9(14)6-12(7-11)16(17)18/h5-7,10,13,15H,2-4,8H2,1H3. The molecule has 0 radical (unpaired) electrons. The molecular weight excluding hydrogens is 267 g/mol. The topological polar surface area (TPSA) is 55.2 Å². The monoisotopic (exact) mass is 284 g/mol. The van der Waals surface area contributed by atoms with Gasteiger partial charge in [0, 0.05) is 23.0 Å². The summed E-state index contributed by atoms with van der Waals surface area (Å²) in [5, 5.41) is 14.5. The van der Waals surface area contributed by atoms with Gasteiger partial charge in [-0.15, -0.1) is 0 Å². The summed E-state index contributed by atoms with van der Waals surface area (Å²) in [6.07, 6.45) is 6.50. The van der Waals surface area contributed by atoms with E-state index >= 15 is 0 Å². The van der Waals surface area contributed by atoms with Crippen LogP contribution in [0.2, 0.25) is 0 Å². The van der Waals surface area contributed by atoms with Crippen LogP contribution in [-0.2, 0) is 0 Å². The van der Waals surface area contributed by atoms with Crippen LogP contribution in [0.15, 0.2) is 18.2 Å². The lowest BCUT2D eigenvalue weighted by Crippen LogP contribution is -2.28. The van der Waals surface area contributed by atoms with Crippen molar-refractivity contribution in [3.8, 4) is 0 Å². The van der Waals surface area contributed by atoms with Gasteiger partial charge in [0.25, 0.3) is 5.69 Å². The highest BCUT2D eigenvalue weighted by Crippen LogP contribution is 2.30. The van der Waals surface area contributed by atoms with Crippen molar-refractivity contribution in [1.82, 2.24) is 0 Å². The predicted octanol–water partition coefficient (Wildman–Crippen LogP) is 3.82. The Morgan fingerprint density at radius 1 is 1.42 bits per heavy atom. The van der Waals surface area contributed by atoms with Crippen LogP contribution in [0.3, 0.4) is 0 Å². The van der Waals surface area contributed by atoms with E-state index in [4.69, 9.17) is 0 Å². The summed E-state index contributed by atoms with van der Waals surface area (Å²) in [6.45, 7) is 0. The number of halogens is 1. The van der Waals surface area contributed by atoms with Gasteiger partial charge in [0.2, 0.25) is 0 Å². The van der Waals surface area contributed by atoms with E-state index in [9.17, 15) is 14.5 Å². The summed E-state index contributed by atoms with van der Waals surface area (Å²) >= 11 is 1.85. The minimum atomic E-state index is -0.575. The third-order valence-electron chi connectivity index (χ3n) is 3.42. The molecule has 1 saturated carbocycles. The van der Waals surface area contributed by atoms with Crippen molar-refractivity contribution in [2.75, 3.05) is 11.6 Å². The van der Waals surface area contributed by atoms with E-state index in [2.05, 4.69) is 11.6 Å². The molecule has 19 heavy (non-hydrogen) atoms. The number of hydrogen-bond acceptors (Lipinski definition) is 4. The van der Waals surface area contributed by atoms with E-state index in [0.717, 1.165) is 25.3 Å². The number of nitrogens with zero attached hydrogens (tertiary/aromatic N) is 1.